The highest BCUT2D eigenvalue weighted by Gasteiger charge is 2.58. The summed E-state index contributed by atoms with van der Waals surface area (Å²) in [7, 11) is 0. The normalized spacial score (nSPS) is 46.4. The molecule has 3 aliphatic rings. The van der Waals surface area contributed by atoms with E-state index in [0.29, 0.717) is 25.8 Å². The van der Waals surface area contributed by atoms with Crippen LogP contribution in [0.5, 0.6) is 0 Å². The van der Waals surface area contributed by atoms with Crippen molar-refractivity contribution < 1.29 is 74.4 Å². The minimum Gasteiger partial charge on any atom is -0.394 e. The fraction of sp³-hybridized carbons (Fsp3) is 0.960. The van der Waals surface area contributed by atoms with Crippen LogP contribution in [-0.2, 0) is 28.5 Å². The van der Waals surface area contributed by atoms with Crippen LogP contribution in [0, 0.1) is 0 Å². The zero-order valence-electron chi connectivity index (χ0n) is 23.6. The first-order valence-corrected chi connectivity index (χ1v) is 14.1. The molecule has 0 unspecified atom stereocenters. The fourth-order valence-electron chi connectivity index (χ4n) is 5.48. The molecular formula is C25H46N2O15. The van der Waals surface area contributed by atoms with Crippen LogP contribution in [-0.4, -0.2) is 163 Å². The molecule has 0 aromatic carbocycles. The molecule has 1 amide bonds. The number of ether oxygens (including phenoxy) is 5. The number of nitrogens with two attached hydrogens (primary N) is 1. The lowest BCUT2D eigenvalue weighted by atomic mass is 9.89. The summed E-state index contributed by atoms with van der Waals surface area (Å²) in [5.41, 5.74) is 5.59. The summed E-state index contributed by atoms with van der Waals surface area (Å²) in [5.74, 6) is -2.66. The first-order chi connectivity index (χ1) is 19.8. The minimum atomic E-state index is -2.01. The van der Waals surface area contributed by atoms with Crippen molar-refractivity contribution in [3.63, 3.8) is 0 Å². The predicted molar refractivity (Wildman–Crippen MR) is 138 cm³/mol. The predicted octanol–water partition coefficient (Wildman–Crippen LogP) is -5.51. The van der Waals surface area contributed by atoms with Crippen LogP contribution in [0.25, 0.3) is 0 Å². The summed E-state index contributed by atoms with van der Waals surface area (Å²) < 4.78 is 29.1. The van der Waals surface area contributed by atoms with Gasteiger partial charge in [0.25, 0.3) is 0 Å². The van der Waals surface area contributed by atoms with E-state index in [4.69, 9.17) is 29.4 Å². The lowest BCUT2D eigenvalue weighted by Gasteiger charge is -2.52. The van der Waals surface area contributed by atoms with E-state index in [1.54, 1.807) is 0 Å². The third kappa shape index (κ3) is 7.56. The summed E-state index contributed by atoms with van der Waals surface area (Å²) in [6, 6.07) is -1.44. The molecule has 3 aliphatic heterocycles. The summed E-state index contributed by atoms with van der Waals surface area (Å²) in [4.78, 5) is 12.3. The topological polar surface area (TPSA) is 283 Å². The second-order valence-electron chi connectivity index (χ2n) is 11.0. The second-order valence-corrected chi connectivity index (χ2v) is 11.0. The Bertz CT molecular complexity index is 857. The van der Waals surface area contributed by atoms with Crippen LogP contribution in [0.15, 0.2) is 0 Å². The van der Waals surface area contributed by atoms with Crippen molar-refractivity contribution in [2.45, 2.75) is 131 Å². The van der Waals surface area contributed by atoms with E-state index < -0.39 is 111 Å². The van der Waals surface area contributed by atoms with Gasteiger partial charge in [0.05, 0.1) is 19.3 Å². The van der Waals surface area contributed by atoms with Crippen LogP contribution < -0.4 is 11.1 Å². The van der Waals surface area contributed by atoms with Gasteiger partial charge in [0.2, 0.25) is 5.91 Å². The number of amides is 1. The number of rotatable bonds is 12. The number of aliphatic hydroxyl groups is 9. The Morgan fingerprint density at radius 3 is 2.05 bits per heavy atom. The molecule has 3 heterocycles. The summed E-state index contributed by atoms with van der Waals surface area (Å²) >= 11 is 0. The molecular weight excluding hydrogens is 568 g/mol. The van der Waals surface area contributed by atoms with Gasteiger partial charge in [-0.05, 0) is 26.3 Å². The van der Waals surface area contributed by atoms with Crippen molar-refractivity contribution in [3.05, 3.63) is 0 Å². The Kier molecular flexibility index (Phi) is 12.8. The highest BCUT2D eigenvalue weighted by atomic mass is 16.8. The Hall–Kier alpha value is -1.13. The van der Waals surface area contributed by atoms with Gasteiger partial charge < -0.3 is 80.7 Å². The molecule has 0 aliphatic carbocycles. The number of unbranched alkanes of at least 4 members (excludes halogenated alkanes) is 2. The SMILES string of the molecule is CC(=O)N[C@H]1[C@@H](O[C@]2(CCCCCN)O[C@@H](C)[C@@H](O)[C@@H](O)[C@@H]2O)O[C@H](CO)[C@@H](O)[C@@H]1O[C@H]1O[C@H](CO)[C@H](O)[C@H](O)[C@H]1O. The van der Waals surface area contributed by atoms with Crippen molar-refractivity contribution in [2.24, 2.45) is 5.73 Å². The van der Waals surface area contributed by atoms with Crippen molar-refractivity contribution in [1.29, 1.82) is 0 Å². The monoisotopic (exact) mass is 614 g/mol. The Labute approximate surface area is 242 Å². The Balaban J connectivity index is 1.97. The maximum absolute atomic E-state index is 12.3. The van der Waals surface area contributed by atoms with E-state index in [2.05, 4.69) is 5.32 Å². The van der Waals surface area contributed by atoms with Gasteiger partial charge in [0.15, 0.2) is 18.4 Å². The van der Waals surface area contributed by atoms with Crippen molar-refractivity contribution in [3.8, 4) is 0 Å². The standard InChI is InChI=1S/C25H46N2O15/c1-10-15(31)19(35)22(37)25(41-10,6-4-3-5-7-26)42-23-14(27-11(2)30)21(17(33)13(9-29)38-23)40-24-20(36)18(34)16(32)12(8-28)39-24/h10,12-24,28-29,31-37H,3-9,26H2,1-2H3,(H,27,30)/t10-,12+,13+,14+,15+,16-,17+,18-,19+,20+,21+,22-,23+,24+,25-/m0/s1. The van der Waals surface area contributed by atoms with Crippen LogP contribution in [0.2, 0.25) is 0 Å². The van der Waals surface area contributed by atoms with Gasteiger partial charge >= 0.3 is 0 Å². The van der Waals surface area contributed by atoms with Gasteiger partial charge in [-0.2, -0.15) is 0 Å². The van der Waals surface area contributed by atoms with E-state index >= 15 is 0 Å². The lowest BCUT2D eigenvalue weighted by Crippen LogP contribution is -2.71. The molecule has 42 heavy (non-hydrogen) atoms. The number of carbonyl (C=O) groups excluding carboxylic acids is 1. The molecule has 17 heteroatoms. The van der Waals surface area contributed by atoms with Crippen molar-refractivity contribution in [1.82, 2.24) is 5.32 Å². The zero-order valence-corrected chi connectivity index (χ0v) is 23.6. The highest BCUT2D eigenvalue weighted by Crippen LogP contribution is 2.39. The number of carbonyl (C=O) groups is 1. The van der Waals surface area contributed by atoms with Gasteiger partial charge in [-0.1, -0.05) is 6.42 Å². The maximum atomic E-state index is 12.3. The lowest BCUT2D eigenvalue weighted by molar-refractivity contribution is -0.417. The maximum Gasteiger partial charge on any atom is 0.217 e. The largest absolute Gasteiger partial charge is 0.394 e. The van der Waals surface area contributed by atoms with Gasteiger partial charge in [-0.25, -0.2) is 0 Å². The first-order valence-electron chi connectivity index (χ1n) is 14.1. The molecule has 3 rings (SSSR count). The van der Waals surface area contributed by atoms with Gasteiger partial charge in [-0.3, -0.25) is 4.79 Å². The number of hydrogen-bond acceptors (Lipinski definition) is 16. The molecule has 15 atom stereocenters. The van der Waals surface area contributed by atoms with E-state index in [-0.39, 0.29) is 6.42 Å². The smallest absolute Gasteiger partial charge is 0.217 e. The number of aliphatic hydroxyl groups excluding tert-OH is 9. The van der Waals surface area contributed by atoms with Gasteiger partial charge in [0, 0.05) is 13.3 Å². The molecule has 3 fully saturated rings. The molecule has 17 nitrogen and oxygen atoms in total. The van der Waals surface area contributed by atoms with Gasteiger partial charge in [-0.15, -0.1) is 0 Å². The first kappa shape index (κ1) is 35.4. The van der Waals surface area contributed by atoms with Crippen molar-refractivity contribution >= 4 is 5.91 Å². The van der Waals surface area contributed by atoms with Crippen molar-refractivity contribution in [2.75, 3.05) is 19.8 Å². The second kappa shape index (κ2) is 15.2. The van der Waals surface area contributed by atoms with Gasteiger partial charge in [0.1, 0.15) is 67.1 Å². The summed E-state index contributed by atoms with van der Waals surface area (Å²) in [5, 5.41) is 96.0. The molecule has 0 saturated carbocycles. The molecule has 0 aromatic heterocycles. The number of hydrogen-bond donors (Lipinski definition) is 11. The van der Waals surface area contributed by atoms with Crippen LogP contribution in [0.3, 0.4) is 0 Å². The van der Waals surface area contributed by atoms with E-state index in [1.165, 1.54) is 6.92 Å². The molecule has 12 N–H and O–H groups in total. The molecule has 246 valence electrons. The van der Waals surface area contributed by atoms with Crippen LogP contribution in [0.1, 0.15) is 39.5 Å². The quantitative estimate of drug-likeness (QED) is 0.0914. The number of nitrogens with one attached hydrogen (secondary N) is 1. The molecule has 0 radical (unpaired) electrons. The zero-order chi connectivity index (χ0) is 31.4. The third-order valence-corrected chi connectivity index (χ3v) is 7.90. The van der Waals surface area contributed by atoms with Crippen LogP contribution in [0.4, 0.5) is 0 Å². The van der Waals surface area contributed by atoms with E-state index in [9.17, 15) is 50.8 Å². The Morgan fingerprint density at radius 2 is 1.45 bits per heavy atom. The molecule has 0 spiro atoms. The molecule has 0 aromatic rings. The van der Waals surface area contributed by atoms with Crippen LogP contribution >= 0.6 is 0 Å². The van der Waals surface area contributed by atoms with E-state index in [1.807, 2.05) is 0 Å². The average Bonchev–Trinajstić information content (AvgIpc) is 2.96. The third-order valence-electron chi connectivity index (χ3n) is 7.90. The van der Waals surface area contributed by atoms with E-state index in [0.717, 1.165) is 6.92 Å². The Morgan fingerprint density at radius 1 is 0.833 bits per heavy atom. The average molecular weight is 615 g/mol. The fourth-order valence-corrected chi connectivity index (χ4v) is 5.48. The molecule has 3 saturated heterocycles. The molecule has 0 bridgehead atoms. The highest BCUT2D eigenvalue weighted by molar-refractivity contribution is 5.73. The minimum absolute atomic E-state index is 0.0283. The summed E-state index contributed by atoms with van der Waals surface area (Å²) in [6.45, 7) is 1.46. The summed E-state index contributed by atoms with van der Waals surface area (Å²) in [6.07, 6.45) is -19.2.